The fourth-order valence-electron chi connectivity index (χ4n) is 1.94. The van der Waals surface area contributed by atoms with Gasteiger partial charge in [-0.3, -0.25) is 4.79 Å². The Labute approximate surface area is 126 Å². The van der Waals surface area contributed by atoms with E-state index in [4.69, 9.17) is 18.0 Å². The summed E-state index contributed by atoms with van der Waals surface area (Å²) in [4.78, 5) is 15.7. The largest absolute Gasteiger partial charge is 0.389 e. The normalized spacial score (nSPS) is 10.6. The van der Waals surface area contributed by atoms with E-state index in [-0.39, 0.29) is 5.91 Å². The Balaban J connectivity index is 2.42. The summed E-state index contributed by atoms with van der Waals surface area (Å²) in [6, 6.07) is 7.96. The Hall–Kier alpha value is -1.46. The molecule has 0 saturated heterocycles. The Morgan fingerprint density at radius 2 is 2.00 bits per heavy atom. The number of hydrogen-bond donors (Lipinski definition) is 1. The average Bonchev–Trinajstić information content (AvgIpc) is 2.38. The summed E-state index contributed by atoms with van der Waals surface area (Å²) in [5.41, 5.74) is 7.71. The van der Waals surface area contributed by atoms with Crippen LogP contribution in [0.15, 0.2) is 24.3 Å². The number of benzene rings is 1. The van der Waals surface area contributed by atoms with Crippen LogP contribution < -0.4 is 5.73 Å². The van der Waals surface area contributed by atoms with Gasteiger partial charge >= 0.3 is 0 Å². The molecule has 1 amide bonds. The van der Waals surface area contributed by atoms with Gasteiger partial charge in [-0.15, -0.1) is 0 Å². The van der Waals surface area contributed by atoms with Crippen LogP contribution in [0, 0.1) is 0 Å². The molecule has 1 aromatic rings. The molecule has 1 aromatic carbocycles. The van der Waals surface area contributed by atoms with E-state index in [1.807, 2.05) is 25.2 Å². The first-order valence-corrected chi connectivity index (χ1v) is 7.08. The van der Waals surface area contributed by atoms with Crippen LogP contribution in [0.1, 0.15) is 24.0 Å². The second kappa shape index (κ2) is 7.97. The van der Waals surface area contributed by atoms with Crippen molar-refractivity contribution in [2.75, 3.05) is 27.7 Å². The number of nitrogens with zero attached hydrogens (tertiary/aromatic N) is 2. The molecule has 0 spiro atoms. The predicted octanol–water partition coefficient (Wildman–Crippen LogP) is 1.62. The number of amides is 1. The van der Waals surface area contributed by atoms with Crippen LogP contribution in [0.4, 0.5) is 0 Å². The van der Waals surface area contributed by atoms with E-state index in [1.54, 1.807) is 19.0 Å². The zero-order valence-electron chi connectivity index (χ0n) is 12.4. The van der Waals surface area contributed by atoms with E-state index in [2.05, 4.69) is 11.0 Å². The highest BCUT2D eigenvalue weighted by Gasteiger charge is 2.06. The molecule has 0 fully saturated rings. The minimum Gasteiger partial charge on any atom is -0.389 e. The number of carbonyl (C=O) groups is 1. The van der Waals surface area contributed by atoms with Crippen molar-refractivity contribution in [3.63, 3.8) is 0 Å². The molecule has 0 unspecified atom stereocenters. The van der Waals surface area contributed by atoms with E-state index in [9.17, 15) is 4.79 Å². The van der Waals surface area contributed by atoms with Gasteiger partial charge in [0, 0.05) is 32.6 Å². The minimum absolute atomic E-state index is 0.175. The van der Waals surface area contributed by atoms with Crippen LogP contribution in [0.25, 0.3) is 0 Å². The molecule has 0 radical (unpaired) electrons. The number of hydrogen-bond acceptors (Lipinski definition) is 3. The molecule has 110 valence electrons. The fourth-order valence-corrected chi connectivity index (χ4v) is 2.06. The topological polar surface area (TPSA) is 49.6 Å². The van der Waals surface area contributed by atoms with Crippen molar-refractivity contribution in [2.45, 2.75) is 19.4 Å². The van der Waals surface area contributed by atoms with Gasteiger partial charge in [0.05, 0.1) is 0 Å². The van der Waals surface area contributed by atoms with Gasteiger partial charge in [0.15, 0.2) is 0 Å². The summed E-state index contributed by atoms with van der Waals surface area (Å²) in [7, 11) is 5.62. The van der Waals surface area contributed by atoms with Crippen molar-refractivity contribution in [2.24, 2.45) is 5.73 Å². The smallest absolute Gasteiger partial charge is 0.222 e. The van der Waals surface area contributed by atoms with Crippen molar-refractivity contribution in [1.29, 1.82) is 0 Å². The molecule has 1 rings (SSSR count). The maximum atomic E-state index is 11.5. The van der Waals surface area contributed by atoms with Gasteiger partial charge in [0.1, 0.15) is 4.99 Å². The third-order valence-corrected chi connectivity index (χ3v) is 3.33. The standard InChI is InChI=1S/C15H23N3OS/c1-17(2)14(19)8-5-9-18(3)11-12-6-4-7-13(10-12)15(16)20/h4,6-7,10H,5,8-9,11H2,1-3H3,(H2,16,20). The zero-order chi connectivity index (χ0) is 15.1. The summed E-state index contributed by atoms with van der Waals surface area (Å²) in [5, 5.41) is 0. The van der Waals surface area contributed by atoms with Gasteiger partial charge in [-0.25, -0.2) is 0 Å². The summed E-state index contributed by atoms with van der Waals surface area (Å²) in [5.74, 6) is 0.175. The average molecular weight is 293 g/mol. The first kappa shape index (κ1) is 16.6. The summed E-state index contributed by atoms with van der Waals surface area (Å²) in [6.07, 6.45) is 1.45. The lowest BCUT2D eigenvalue weighted by molar-refractivity contribution is -0.128. The van der Waals surface area contributed by atoms with Crippen LogP contribution in [0.3, 0.4) is 0 Å². The molecule has 4 nitrogen and oxygen atoms in total. The molecule has 0 saturated carbocycles. The van der Waals surface area contributed by atoms with E-state index in [0.29, 0.717) is 11.4 Å². The molecule has 20 heavy (non-hydrogen) atoms. The Bertz CT molecular complexity index is 474. The molecule has 0 aliphatic heterocycles. The predicted molar refractivity (Wildman–Crippen MR) is 86.6 cm³/mol. The van der Waals surface area contributed by atoms with Crippen LogP contribution >= 0.6 is 12.2 Å². The zero-order valence-corrected chi connectivity index (χ0v) is 13.2. The van der Waals surface area contributed by atoms with Crippen molar-refractivity contribution >= 4 is 23.1 Å². The molecule has 0 aliphatic carbocycles. The minimum atomic E-state index is 0.175. The Morgan fingerprint density at radius 1 is 1.30 bits per heavy atom. The van der Waals surface area contributed by atoms with Crippen LogP contribution in [-0.2, 0) is 11.3 Å². The van der Waals surface area contributed by atoms with E-state index >= 15 is 0 Å². The van der Waals surface area contributed by atoms with Crippen LogP contribution in [0.5, 0.6) is 0 Å². The molecule has 0 bridgehead atoms. The lowest BCUT2D eigenvalue weighted by atomic mass is 10.1. The maximum absolute atomic E-state index is 11.5. The highest BCUT2D eigenvalue weighted by molar-refractivity contribution is 7.80. The first-order chi connectivity index (χ1) is 9.40. The molecule has 0 aromatic heterocycles. The fraction of sp³-hybridized carbons (Fsp3) is 0.467. The lowest BCUT2D eigenvalue weighted by Crippen LogP contribution is -2.24. The van der Waals surface area contributed by atoms with Crippen LogP contribution in [-0.4, -0.2) is 48.4 Å². The Kier molecular flexibility index (Phi) is 6.61. The molecule has 5 heteroatoms. The van der Waals surface area contributed by atoms with Crippen molar-refractivity contribution in [1.82, 2.24) is 9.80 Å². The lowest BCUT2D eigenvalue weighted by Gasteiger charge is -2.17. The molecular weight excluding hydrogens is 270 g/mol. The molecule has 2 N–H and O–H groups in total. The van der Waals surface area contributed by atoms with E-state index in [0.717, 1.165) is 25.1 Å². The third-order valence-electron chi connectivity index (χ3n) is 3.09. The van der Waals surface area contributed by atoms with Gasteiger partial charge < -0.3 is 15.5 Å². The van der Waals surface area contributed by atoms with Gasteiger partial charge in [0.25, 0.3) is 0 Å². The van der Waals surface area contributed by atoms with Gasteiger partial charge in [-0.2, -0.15) is 0 Å². The Morgan fingerprint density at radius 3 is 2.60 bits per heavy atom. The highest BCUT2D eigenvalue weighted by atomic mass is 32.1. The molecule has 0 aliphatic rings. The van der Waals surface area contributed by atoms with Gasteiger partial charge in [-0.1, -0.05) is 30.4 Å². The van der Waals surface area contributed by atoms with Crippen molar-refractivity contribution < 1.29 is 4.79 Å². The third kappa shape index (κ3) is 5.67. The van der Waals surface area contributed by atoms with Crippen LogP contribution in [0.2, 0.25) is 0 Å². The van der Waals surface area contributed by atoms with E-state index < -0.39 is 0 Å². The summed E-state index contributed by atoms with van der Waals surface area (Å²) >= 11 is 4.98. The summed E-state index contributed by atoms with van der Waals surface area (Å²) in [6.45, 7) is 1.71. The number of thiocarbonyl (C=S) groups is 1. The number of rotatable bonds is 7. The highest BCUT2D eigenvalue weighted by Crippen LogP contribution is 2.08. The second-order valence-corrected chi connectivity index (χ2v) is 5.63. The maximum Gasteiger partial charge on any atom is 0.222 e. The SMILES string of the molecule is CN(CCCC(=O)N(C)C)Cc1cccc(C(N)=S)c1. The van der Waals surface area contributed by atoms with Crippen molar-refractivity contribution in [3.8, 4) is 0 Å². The van der Waals surface area contributed by atoms with Gasteiger partial charge in [-0.05, 0) is 31.6 Å². The number of carbonyl (C=O) groups excluding carboxylic acids is 1. The van der Waals surface area contributed by atoms with Crippen molar-refractivity contribution in [3.05, 3.63) is 35.4 Å². The monoisotopic (exact) mass is 293 g/mol. The summed E-state index contributed by atoms with van der Waals surface area (Å²) < 4.78 is 0. The molecular formula is C15H23N3OS. The first-order valence-electron chi connectivity index (χ1n) is 6.67. The number of nitrogens with two attached hydrogens (primary N) is 1. The quantitative estimate of drug-likeness (QED) is 0.776. The molecule has 0 heterocycles. The van der Waals surface area contributed by atoms with Gasteiger partial charge in [0.2, 0.25) is 5.91 Å². The second-order valence-electron chi connectivity index (χ2n) is 5.19. The van der Waals surface area contributed by atoms with E-state index in [1.165, 1.54) is 5.56 Å². The molecule has 0 atom stereocenters.